The van der Waals surface area contributed by atoms with Crippen molar-refractivity contribution < 1.29 is 9.53 Å². The van der Waals surface area contributed by atoms with E-state index in [9.17, 15) is 4.79 Å². The summed E-state index contributed by atoms with van der Waals surface area (Å²) in [6, 6.07) is 0. The lowest BCUT2D eigenvalue weighted by Gasteiger charge is -2.16. The molecule has 4 heteroatoms. The molecule has 1 aliphatic carbocycles. The molecule has 0 amide bonds. The van der Waals surface area contributed by atoms with Gasteiger partial charge >= 0.3 is 5.97 Å². The monoisotopic (exact) mass is 298 g/mol. The summed E-state index contributed by atoms with van der Waals surface area (Å²) in [6.45, 7) is 5.55. The molecule has 0 aromatic carbocycles. The van der Waals surface area contributed by atoms with Gasteiger partial charge in [0.25, 0.3) is 0 Å². The summed E-state index contributed by atoms with van der Waals surface area (Å²) in [4.78, 5) is 11.3. The topological polar surface area (TPSA) is 26.3 Å². The smallest absolute Gasteiger partial charge is 0.311 e. The lowest BCUT2D eigenvalue weighted by Crippen LogP contribution is -2.24. The van der Waals surface area contributed by atoms with Crippen molar-refractivity contribution in [2.45, 2.75) is 36.5 Å². The zero-order valence-electron chi connectivity index (χ0n) is 7.36. The van der Waals surface area contributed by atoms with Crippen molar-refractivity contribution in [1.82, 2.24) is 0 Å². The second-order valence-electron chi connectivity index (χ2n) is 4.11. The van der Waals surface area contributed by atoms with E-state index in [0.717, 1.165) is 6.42 Å². The minimum Gasteiger partial charge on any atom is -0.459 e. The van der Waals surface area contributed by atoms with Gasteiger partial charge in [0.1, 0.15) is 9.34 Å². The zero-order valence-corrected chi connectivity index (χ0v) is 10.5. The van der Waals surface area contributed by atoms with Gasteiger partial charge in [0.15, 0.2) is 0 Å². The van der Waals surface area contributed by atoms with Crippen LogP contribution in [-0.4, -0.2) is 15.3 Å². The average molecular weight is 300 g/mol. The van der Waals surface area contributed by atoms with Crippen molar-refractivity contribution in [3.8, 4) is 0 Å². The highest BCUT2D eigenvalue weighted by molar-refractivity contribution is 9.25. The molecule has 1 atom stereocenters. The Labute approximate surface area is 89.3 Å². The Morgan fingerprint density at radius 2 is 1.92 bits per heavy atom. The van der Waals surface area contributed by atoms with Crippen LogP contribution in [-0.2, 0) is 9.53 Å². The van der Waals surface area contributed by atoms with Gasteiger partial charge in [0, 0.05) is 6.42 Å². The van der Waals surface area contributed by atoms with E-state index in [1.165, 1.54) is 0 Å². The zero-order chi connectivity index (χ0) is 9.57. The normalized spacial score (nSPS) is 26.6. The first-order chi connectivity index (χ1) is 5.23. The third-order valence-corrected chi connectivity index (χ3v) is 3.30. The molecule has 1 unspecified atom stereocenters. The van der Waals surface area contributed by atoms with E-state index in [1.807, 2.05) is 20.8 Å². The number of carbonyl (C=O) groups is 1. The molecule has 2 nitrogen and oxygen atoms in total. The molecule has 1 rings (SSSR count). The Morgan fingerprint density at radius 1 is 1.50 bits per heavy atom. The fraction of sp³-hybridized carbons (Fsp3) is 0.875. The van der Waals surface area contributed by atoms with E-state index in [-0.39, 0.29) is 15.3 Å². The molecule has 0 radical (unpaired) electrons. The maximum atomic E-state index is 11.3. The molecular weight excluding hydrogens is 288 g/mol. The van der Waals surface area contributed by atoms with E-state index in [4.69, 9.17) is 4.74 Å². The standard InChI is InChI=1S/C8H12Br2O2/c1-7(2,3)6(11)12-5-4-8(5,9)10/h5H,4H2,1-3H3. The van der Waals surface area contributed by atoms with Gasteiger partial charge in [-0.1, -0.05) is 31.9 Å². The second-order valence-corrected chi connectivity index (χ2v) is 8.00. The van der Waals surface area contributed by atoms with Crippen LogP contribution in [0.2, 0.25) is 0 Å². The number of ether oxygens (including phenoxy) is 1. The second kappa shape index (κ2) is 2.98. The van der Waals surface area contributed by atoms with Crippen molar-refractivity contribution in [3.63, 3.8) is 0 Å². The molecule has 0 aliphatic heterocycles. The third kappa shape index (κ3) is 2.46. The highest BCUT2D eigenvalue weighted by atomic mass is 79.9. The van der Waals surface area contributed by atoms with Crippen LogP contribution < -0.4 is 0 Å². The largest absolute Gasteiger partial charge is 0.459 e. The maximum Gasteiger partial charge on any atom is 0.311 e. The van der Waals surface area contributed by atoms with Crippen molar-refractivity contribution >= 4 is 37.8 Å². The first kappa shape index (κ1) is 10.5. The highest BCUT2D eigenvalue weighted by Crippen LogP contribution is 2.53. The predicted octanol–water partition coefficient (Wildman–Crippen LogP) is 2.83. The summed E-state index contributed by atoms with van der Waals surface area (Å²) in [7, 11) is 0. The van der Waals surface area contributed by atoms with E-state index in [0.29, 0.717) is 0 Å². The van der Waals surface area contributed by atoms with E-state index in [1.54, 1.807) is 0 Å². The average Bonchev–Trinajstić information content (AvgIpc) is 2.36. The Kier molecular flexibility index (Phi) is 2.61. The van der Waals surface area contributed by atoms with Gasteiger partial charge in [-0.05, 0) is 20.8 Å². The van der Waals surface area contributed by atoms with Gasteiger partial charge in [-0.25, -0.2) is 0 Å². The summed E-state index contributed by atoms with van der Waals surface area (Å²) in [5.74, 6) is -0.145. The number of rotatable bonds is 1. The number of carbonyl (C=O) groups excluding carboxylic acids is 1. The molecule has 12 heavy (non-hydrogen) atoms. The van der Waals surface area contributed by atoms with Crippen molar-refractivity contribution in [2.75, 3.05) is 0 Å². The summed E-state index contributed by atoms with van der Waals surface area (Å²) in [5, 5.41) is 0. The fourth-order valence-electron chi connectivity index (χ4n) is 0.622. The third-order valence-electron chi connectivity index (χ3n) is 1.63. The summed E-state index contributed by atoms with van der Waals surface area (Å²) < 4.78 is 5.06. The summed E-state index contributed by atoms with van der Waals surface area (Å²) in [5.41, 5.74) is -0.404. The van der Waals surface area contributed by atoms with Crippen molar-refractivity contribution in [3.05, 3.63) is 0 Å². The Balaban J connectivity index is 2.40. The van der Waals surface area contributed by atoms with Crippen LogP contribution in [0.25, 0.3) is 0 Å². The number of hydrogen-bond acceptors (Lipinski definition) is 2. The molecule has 0 N–H and O–H groups in total. The predicted molar refractivity (Wildman–Crippen MR) is 54.5 cm³/mol. The first-order valence-corrected chi connectivity index (χ1v) is 5.41. The van der Waals surface area contributed by atoms with E-state index < -0.39 is 5.41 Å². The Bertz CT molecular complexity index is 206. The van der Waals surface area contributed by atoms with Crippen molar-refractivity contribution in [2.24, 2.45) is 5.41 Å². The highest BCUT2D eigenvalue weighted by Gasteiger charge is 2.54. The van der Waals surface area contributed by atoms with Gasteiger partial charge in [0.2, 0.25) is 0 Å². The van der Waals surface area contributed by atoms with Gasteiger partial charge in [0.05, 0.1) is 5.41 Å². The minimum absolute atomic E-state index is 0.00998. The number of hydrogen-bond donors (Lipinski definition) is 0. The van der Waals surface area contributed by atoms with Crippen LogP contribution in [0.1, 0.15) is 27.2 Å². The molecule has 1 saturated carbocycles. The minimum atomic E-state index is -0.404. The van der Waals surface area contributed by atoms with Crippen LogP contribution in [0, 0.1) is 5.41 Å². The van der Waals surface area contributed by atoms with Crippen molar-refractivity contribution in [1.29, 1.82) is 0 Å². The van der Waals surface area contributed by atoms with Crippen LogP contribution in [0.4, 0.5) is 0 Å². The van der Waals surface area contributed by atoms with Gasteiger partial charge in [-0.2, -0.15) is 0 Å². The lowest BCUT2D eigenvalue weighted by atomic mass is 9.97. The van der Waals surface area contributed by atoms with E-state index >= 15 is 0 Å². The molecule has 70 valence electrons. The van der Waals surface area contributed by atoms with Crippen LogP contribution in [0.15, 0.2) is 0 Å². The van der Waals surface area contributed by atoms with Crippen LogP contribution in [0.3, 0.4) is 0 Å². The molecular formula is C8H12Br2O2. The van der Waals surface area contributed by atoms with E-state index in [2.05, 4.69) is 31.9 Å². The Hall–Kier alpha value is 0.430. The Morgan fingerprint density at radius 3 is 2.17 bits per heavy atom. The molecule has 0 aromatic heterocycles. The SMILES string of the molecule is CC(C)(C)C(=O)OC1CC1(Br)Br. The number of alkyl halides is 2. The van der Waals surface area contributed by atoms with Gasteiger partial charge in [-0.15, -0.1) is 0 Å². The number of esters is 1. The molecule has 1 fully saturated rings. The molecule has 0 spiro atoms. The lowest BCUT2D eigenvalue weighted by molar-refractivity contribution is -0.154. The molecule has 0 bridgehead atoms. The molecule has 0 saturated heterocycles. The quantitative estimate of drug-likeness (QED) is 0.550. The number of halogens is 2. The maximum absolute atomic E-state index is 11.3. The summed E-state index contributed by atoms with van der Waals surface area (Å²) in [6.07, 6.45) is 0.832. The van der Waals surface area contributed by atoms with Crippen LogP contribution >= 0.6 is 31.9 Å². The first-order valence-electron chi connectivity index (χ1n) is 3.82. The molecule has 0 heterocycles. The van der Waals surface area contributed by atoms with Gasteiger partial charge in [-0.3, -0.25) is 4.79 Å². The summed E-state index contributed by atoms with van der Waals surface area (Å²) >= 11 is 6.77. The molecule has 0 aromatic rings. The molecule has 1 aliphatic rings. The fourth-order valence-corrected chi connectivity index (χ4v) is 1.40. The van der Waals surface area contributed by atoms with Gasteiger partial charge < -0.3 is 4.74 Å². The van der Waals surface area contributed by atoms with Crippen LogP contribution in [0.5, 0.6) is 0 Å².